The zero-order valence-electron chi connectivity index (χ0n) is 13.0. The molecule has 2 aliphatic rings. The highest BCUT2D eigenvalue weighted by Crippen LogP contribution is 2.43. The van der Waals surface area contributed by atoms with E-state index in [0.29, 0.717) is 29.9 Å². The molecule has 1 aromatic rings. The maximum atomic E-state index is 11.7. The molecule has 2 fully saturated rings. The van der Waals surface area contributed by atoms with Crippen molar-refractivity contribution in [2.75, 3.05) is 25.0 Å². The Labute approximate surface area is 146 Å². The third-order valence-corrected chi connectivity index (χ3v) is 5.36. The first-order valence-corrected chi connectivity index (χ1v) is 8.28. The number of carbonyl (C=O) groups is 2. The number of fused-ring (bicyclic) bond motifs is 2. The van der Waals surface area contributed by atoms with E-state index in [0.717, 1.165) is 12.5 Å². The molecule has 0 radical (unpaired) electrons. The number of aromatic nitrogens is 2. The van der Waals surface area contributed by atoms with Crippen molar-refractivity contribution in [1.82, 2.24) is 15.1 Å². The van der Waals surface area contributed by atoms with E-state index in [1.54, 1.807) is 6.07 Å². The Bertz CT molecular complexity index is 708. The van der Waals surface area contributed by atoms with E-state index in [1.807, 2.05) is 22.9 Å². The van der Waals surface area contributed by atoms with Gasteiger partial charge in [-0.15, -0.1) is 10.2 Å². The SMILES string of the molecule is CN1C2CCC1(/C(=C\C(=O)O)C(=O)O)CN(c1ccc(Br)nn1)C2. The minimum Gasteiger partial charge on any atom is -0.478 e. The van der Waals surface area contributed by atoms with E-state index in [-0.39, 0.29) is 11.6 Å². The van der Waals surface area contributed by atoms with Gasteiger partial charge in [0.05, 0.1) is 11.1 Å². The van der Waals surface area contributed by atoms with Crippen LogP contribution in [0.3, 0.4) is 0 Å². The lowest BCUT2D eigenvalue weighted by Gasteiger charge is -2.47. The molecule has 24 heavy (non-hydrogen) atoms. The van der Waals surface area contributed by atoms with E-state index < -0.39 is 17.5 Å². The van der Waals surface area contributed by atoms with Crippen LogP contribution in [-0.2, 0) is 9.59 Å². The van der Waals surface area contributed by atoms with Gasteiger partial charge in [-0.05, 0) is 48.0 Å². The topological polar surface area (TPSA) is 107 Å². The molecular formula is C15H17BrN4O4. The average molecular weight is 397 g/mol. The van der Waals surface area contributed by atoms with Crippen LogP contribution in [0, 0.1) is 0 Å². The van der Waals surface area contributed by atoms with Crippen molar-refractivity contribution in [3.8, 4) is 0 Å². The molecule has 0 saturated carbocycles. The van der Waals surface area contributed by atoms with Crippen molar-refractivity contribution in [3.05, 3.63) is 28.4 Å². The molecule has 0 aromatic carbocycles. The molecule has 3 rings (SSSR count). The number of hydrogen-bond acceptors (Lipinski definition) is 6. The Morgan fingerprint density at radius 2 is 2.12 bits per heavy atom. The van der Waals surface area contributed by atoms with Gasteiger partial charge >= 0.3 is 11.9 Å². The lowest BCUT2D eigenvalue weighted by Crippen LogP contribution is -2.62. The molecule has 8 nitrogen and oxygen atoms in total. The number of likely N-dealkylation sites (N-methyl/N-ethyl adjacent to an activating group) is 1. The predicted octanol–water partition coefficient (Wildman–Crippen LogP) is 0.988. The standard InChI is InChI=1S/C15H17BrN4O4/c1-19-9-4-5-15(19,10(14(23)24)6-13(21)22)8-20(7-9)12-3-2-11(16)17-18-12/h2-3,6,9H,4-5,7-8H2,1H3,(H,21,22)(H,23,24)/b10-6-. The van der Waals surface area contributed by atoms with Gasteiger partial charge < -0.3 is 15.1 Å². The Kier molecular flexibility index (Phi) is 4.31. The molecule has 2 bridgehead atoms. The van der Waals surface area contributed by atoms with Crippen molar-refractivity contribution in [2.24, 2.45) is 0 Å². The van der Waals surface area contributed by atoms with Crippen LogP contribution in [0.4, 0.5) is 5.82 Å². The van der Waals surface area contributed by atoms with Crippen molar-refractivity contribution in [3.63, 3.8) is 0 Å². The van der Waals surface area contributed by atoms with E-state index >= 15 is 0 Å². The number of piperazine rings is 1. The molecule has 0 aliphatic carbocycles. The van der Waals surface area contributed by atoms with Gasteiger partial charge in [0.1, 0.15) is 4.60 Å². The van der Waals surface area contributed by atoms with Crippen molar-refractivity contribution in [1.29, 1.82) is 0 Å². The maximum absolute atomic E-state index is 11.7. The molecule has 2 saturated heterocycles. The smallest absolute Gasteiger partial charge is 0.333 e. The van der Waals surface area contributed by atoms with E-state index in [9.17, 15) is 14.7 Å². The van der Waals surface area contributed by atoms with Crippen LogP contribution >= 0.6 is 15.9 Å². The summed E-state index contributed by atoms with van der Waals surface area (Å²) in [6, 6.07) is 3.73. The van der Waals surface area contributed by atoms with E-state index in [4.69, 9.17) is 5.11 Å². The molecule has 128 valence electrons. The van der Waals surface area contributed by atoms with Crippen LogP contribution in [0.5, 0.6) is 0 Å². The third-order valence-electron chi connectivity index (χ3n) is 4.94. The summed E-state index contributed by atoms with van der Waals surface area (Å²) < 4.78 is 0.620. The van der Waals surface area contributed by atoms with Crippen molar-refractivity contribution >= 4 is 33.7 Å². The lowest BCUT2D eigenvalue weighted by atomic mass is 9.85. The summed E-state index contributed by atoms with van der Waals surface area (Å²) in [7, 11) is 1.86. The number of hydrogen-bond donors (Lipinski definition) is 2. The molecule has 2 N–H and O–H groups in total. The summed E-state index contributed by atoms with van der Waals surface area (Å²) in [5.41, 5.74) is -0.934. The molecule has 0 amide bonds. The van der Waals surface area contributed by atoms with Gasteiger partial charge in [-0.1, -0.05) is 0 Å². The summed E-state index contributed by atoms with van der Waals surface area (Å²) in [5.74, 6) is -1.80. The first-order valence-electron chi connectivity index (χ1n) is 7.49. The number of aliphatic carboxylic acids is 2. The Hall–Kier alpha value is -2.00. The molecule has 3 heterocycles. The fourth-order valence-corrected chi connectivity index (χ4v) is 3.96. The Morgan fingerprint density at radius 1 is 1.38 bits per heavy atom. The maximum Gasteiger partial charge on any atom is 0.333 e. The molecule has 1 aromatic heterocycles. The highest BCUT2D eigenvalue weighted by atomic mass is 79.9. The van der Waals surface area contributed by atoms with Gasteiger partial charge in [0.2, 0.25) is 0 Å². The minimum atomic E-state index is -1.25. The molecular weight excluding hydrogens is 380 g/mol. The van der Waals surface area contributed by atoms with E-state index in [1.165, 1.54) is 0 Å². The summed E-state index contributed by atoms with van der Waals surface area (Å²) in [4.78, 5) is 26.8. The molecule has 2 atom stereocenters. The molecule has 0 spiro atoms. The predicted molar refractivity (Wildman–Crippen MR) is 88.8 cm³/mol. The van der Waals surface area contributed by atoms with Gasteiger partial charge in [0.15, 0.2) is 5.82 Å². The zero-order chi connectivity index (χ0) is 17.5. The van der Waals surface area contributed by atoms with Gasteiger partial charge in [-0.2, -0.15) is 0 Å². The van der Waals surface area contributed by atoms with E-state index in [2.05, 4.69) is 26.1 Å². The highest BCUT2D eigenvalue weighted by molar-refractivity contribution is 9.10. The van der Waals surface area contributed by atoms with Gasteiger partial charge in [0, 0.05) is 25.2 Å². The second-order valence-electron chi connectivity index (χ2n) is 6.13. The molecule has 2 aliphatic heterocycles. The zero-order valence-corrected chi connectivity index (χ0v) is 14.6. The largest absolute Gasteiger partial charge is 0.478 e. The number of carboxylic acid groups (broad SMARTS) is 2. The number of anilines is 1. The van der Waals surface area contributed by atoms with Crippen LogP contribution in [0.25, 0.3) is 0 Å². The van der Waals surface area contributed by atoms with Gasteiger partial charge in [-0.3, -0.25) is 4.90 Å². The van der Waals surface area contributed by atoms with Crippen LogP contribution in [0.2, 0.25) is 0 Å². The normalized spacial score (nSPS) is 27.3. The van der Waals surface area contributed by atoms with Crippen molar-refractivity contribution in [2.45, 2.75) is 24.4 Å². The summed E-state index contributed by atoms with van der Waals surface area (Å²) >= 11 is 3.24. The fraction of sp³-hybridized carbons (Fsp3) is 0.467. The van der Waals surface area contributed by atoms with Crippen LogP contribution in [0.1, 0.15) is 12.8 Å². The first kappa shape index (κ1) is 16.8. The van der Waals surface area contributed by atoms with Crippen molar-refractivity contribution < 1.29 is 19.8 Å². The second kappa shape index (κ2) is 6.14. The third kappa shape index (κ3) is 2.78. The number of halogens is 1. The number of carboxylic acids is 2. The summed E-state index contributed by atoms with van der Waals surface area (Å²) in [6.45, 7) is 1.07. The minimum absolute atomic E-state index is 0.0882. The number of rotatable bonds is 4. The average Bonchev–Trinajstić information content (AvgIpc) is 2.72. The number of nitrogens with zero attached hydrogens (tertiary/aromatic N) is 4. The monoisotopic (exact) mass is 396 g/mol. The lowest BCUT2D eigenvalue weighted by molar-refractivity contribution is -0.136. The fourth-order valence-electron chi connectivity index (χ4n) is 3.74. The summed E-state index contributed by atoms with van der Waals surface area (Å²) in [5, 5.41) is 26.8. The van der Waals surface area contributed by atoms with Gasteiger partial charge in [-0.25, -0.2) is 9.59 Å². The Morgan fingerprint density at radius 3 is 2.71 bits per heavy atom. The second-order valence-corrected chi connectivity index (χ2v) is 6.94. The van der Waals surface area contributed by atoms with Crippen LogP contribution in [-0.4, -0.2) is 69.0 Å². The first-order chi connectivity index (χ1) is 11.3. The van der Waals surface area contributed by atoms with Gasteiger partial charge in [0.25, 0.3) is 0 Å². The molecule has 2 unspecified atom stereocenters. The highest BCUT2D eigenvalue weighted by Gasteiger charge is 2.53. The van der Waals surface area contributed by atoms with Crippen LogP contribution in [0.15, 0.2) is 28.4 Å². The molecule has 9 heteroatoms. The van der Waals surface area contributed by atoms with Crippen LogP contribution < -0.4 is 4.90 Å². The quantitative estimate of drug-likeness (QED) is 0.725. The summed E-state index contributed by atoms with van der Waals surface area (Å²) in [6.07, 6.45) is 2.22. The Balaban J connectivity index is 2.00.